The first-order valence-corrected chi connectivity index (χ1v) is 6.72. The van der Waals surface area contributed by atoms with Crippen LogP contribution in [0.4, 0.5) is 5.69 Å². The van der Waals surface area contributed by atoms with Crippen molar-refractivity contribution in [1.82, 2.24) is 0 Å². The molecule has 0 aromatic heterocycles. The summed E-state index contributed by atoms with van der Waals surface area (Å²) in [6.07, 6.45) is 0. The van der Waals surface area contributed by atoms with Gasteiger partial charge in [-0.15, -0.1) is 0 Å². The van der Waals surface area contributed by atoms with Crippen LogP contribution in [0, 0.1) is 6.92 Å². The predicted molar refractivity (Wildman–Crippen MR) is 83.7 cm³/mol. The van der Waals surface area contributed by atoms with Crippen LogP contribution >= 0.6 is 11.6 Å². The number of methoxy groups -OCH3 is 2. The van der Waals surface area contributed by atoms with Gasteiger partial charge in [0.05, 0.1) is 19.2 Å². The van der Waals surface area contributed by atoms with Crippen molar-refractivity contribution in [1.29, 1.82) is 0 Å². The number of amides is 1. The zero-order chi connectivity index (χ0) is 15.4. The zero-order valence-corrected chi connectivity index (χ0v) is 12.8. The minimum Gasteiger partial charge on any atom is -0.493 e. The molecule has 1 amide bonds. The van der Waals surface area contributed by atoms with Gasteiger partial charge in [-0.05, 0) is 31.2 Å². The number of carbonyl (C=O) groups excluding carboxylic acids is 1. The molecule has 2 rings (SSSR count). The molecule has 0 aliphatic heterocycles. The second-order valence-electron chi connectivity index (χ2n) is 4.51. The minimum atomic E-state index is -0.262. The number of halogens is 1. The van der Waals surface area contributed by atoms with Gasteiger partial charge in [-0.3, -0.25) is 4.79 Å². The first-order chi connectivity index (χ1) is 10.0. The van der Waals surface area contributed by atoms with Gasteiger partial charge in [0.15, 0.2) is 11.5 Å². The molecule has 1 N–H and O–H groups in total. The second-order valence-corrected chi connectivity index (χ2v) is 4.92. The smallest absolute Gasteiger partial charge is 0.255 e. The summed E-state index contributed by atoms with van der Waals surface area (Å²) in [7, 11) is 2.99. The highest BCUT2D eigenvalue weighted by molar-refractivity contribution is 6.32. The van der Waals surface area contributed by atoms with Crippen molar-refractivity contribution in [2.75, 3.05) is 19.5 Å². The van der Waals surface area contributed by atoms with E-state index in [9.17, 15) is 4.79 Å². The molecule has 0 bridgehead atoms. The topological polar surface area (TPSA) is 47.6 Å². The summed E-state index contributed by atoms with van der Waals surface area (Å²) >= 11 is 6.10. The summed E-state index contributed by atoms with van der Waals surface area (Å²) in [6, 6.07) is 10.7. The molecule has 4 nitrogen and oxygen atoms in total. The molecule has 21 heavy (non-hydrogen) atoms. The van der Waals surface area contributed by atoms with Gasteiger partial charge in [0.2, 0.25) is 0 Å². The Hall–Kier alpha value is -2.20. The number of ether oxygens (including phenoxy) is 2. The van der Waals surface area contributed by atoms with Crippen molar-refractivity contribution in [3.8, 4) is 11.5 Å². The summed E-state index contributed by atoms with van der Waals surface area (Å²) < 4.78 is 10.3. The Balaban J connectivity index is 2.27. The lowest BCUT2D eigenvalue weighted by Gasteiger charge is -2.12. The summed E-state index contributed by atoms with van der Waals surface area (Å²) in [6.45, 7) is 1.99. The van der Waals surface area contributed by atoms with Gasteiger partial charge < -0.3 is 14.8 Å². The highest BCUT2D eigenvalue weighted by Gasteiger charge is 2.15. The molecule has 0 saturated heterocycles. The maximum Gasteiger partial charge on any atom is 0.255 e. The van der Waals surface area contributed by atoms with E-state index in [1.807, 2.05) is 31.2 Å². The van der Waals surface area contributed by atoms with Crippen LogP contribution in [0.3, 0.4) is 0 Å². The maximum atomic E-state index is 12.3. The molecule has 110 valence electrons. The van der Waals surface area contributed by atoms with Crippen LogP contribution < -0.4 is 14.8 Å². The van der Waals surface area contributed by atoms with Gasteiger partial charge in [0, 0.05) is 11.3 Å². The minimum absolute atomic E-state index is 0.262. The van der Waals surface area contributed by atoms with Gasteiger partial charge >= 0.3 is 0 Å². The van der Waals surface area contributed by atoms with E-state index in [1.54, 1.807) is 12.1 Å². The molecule has 5 heteroatoms. The third-order valence-electron chi connectivity index (χ3n) is 3.01. The van der Waals surface area contributed by atoms with E-state index >= 15 is 0 Å². The molecule has 0 unspecified atom stereocenters. The first-order valence-electron chi connectivity index (χ1n) is 6.34. The number of hydrogen-bond acceptors (Lipinski definition) is 3. The van der Waals surface area contributed by atoms with E-state index in [-0.39, 0.29) is 5.91 Å². The third-order valence-corrected chi connectivity index (χ3v) is 3.29. The molecule has 2 aromatic carbocycles. The van der Waals surface area contributed by atoms with Gasteiger partial charge in [-0.25, -0.2) is 0 Å². The highest BCUT2D eigenvalue weighted by Crippen LogP contribution is 2.36. The van der Waals surface area contributed by atoms with E-state index in [2.05, 4.69) is 5.32 Å². The fourth-order valence-electron chi connectivity index (χ4n) is 1.89. The fourth-order valence-corrected chi connectivity index (χ4v) is 2.18. The lowest BCUT2D eigenvalue weighted by atomic mass is 10.1. The van der Waals surface area contributed by atoms with E-state index < -0.39 is 0 Å². The normalized spacial score (nSPS) is 10.1. The first kappa shape index (κ1) is 15.2. The van der Waals surface area contributed by atoms with Crippen LogP contribution in [0.15, 0.2) is 36.4 Å². The highest BCUT2D eigenvalue weighted by atomic mass is 35.5. The molecule has 0 radical (unpaired) electrons. The van der Waals surface area contributed by atoms with Gasteiger partial charge in [-0.2, -0.15) is 0 Å². The van der Waals surface area contributed by atoms with Crippen molar-refractivity contribution in [3.63, 3.8) is 0 Å². The Morgan fingerprint density at radius 1 is 1.10 bits per heavy atom. The van der Waals surface area contributed by atoms with Crippen LogP contribution in [0.1, 0.15) is 15.9 Å². The molecule has 0 aliphatic rings. The Morgan fingerprint density at radius 2 is 1.76 bits per heavy atom. The quantitative estimate of drug-likeness (QED) is 0.931. The number of anilines is 1. The number of benzene rings is 2. The molecule has 0 saturated carbocycles. The van der Waals surface area contributed by atoms with E-state index in [4.69, 9.17) is 21.1 Å². The Labute approximate surface area is 128 Å². The summed E-state index contributed by atoms with van der Waals surface area (Å²) in [4.78, 5) is 12.3. The van der Waals surface area contributed by atoms with E-state index in [0.717, 1.165) is 11.3 Å². The monoisotopic (exact) mass is 305 g/mol. The molecule has 2 aromatic rings. The molecule has 0 aliphatic carbocycles. The SMILES string of the molecule is COc1cc(C(=O)Nc2ccc(C)cc2)cc(Cl)c1OC. The van der Waals surface area contributed by atoms with Crippen LogP contribution in [0.2, 0.25) is 5.02 Å². The Morgan fingerprint density at radius 3 is 2.33 bits per heavy atom. The molecule has 0 atom stereocenters. The fraction of sp³-hybridized carbons (Fsp3) is 0.188. The number of nitrogens with one attached hydrogen (secondary N) is 1. The molecule has 0 heterocycles. The van der Waals surface area contributed by atoms with Crippen molar-refractivity contribution < 1.29 is 14.3 Å². The molecule has 0 spiro atoms. The lowest BCUT2D eigenvalue weighted by molar-refractivity contribution is 0.102. The Bertz CT molecular complexity index is 653. The summed E-state index contributed by atoms with van der Waals surface area (Å²) in [5, 5.41) is 3.13. The third kappa shape index (κ3) is 3.47. The number of hydrogen-bond donors (Lipinski definition) is 1. The van der Waals surface area contributed by atoms with Crippen molar-refractivity contribution >= 4 is 23.2 Å². The zero-order valence-electron chi connectivity index (χ0n) is 12.1. The summed E-state index contributed by atoms with van der Waals surface area (Å²) in [5.74, 6) is 0.562. The summed E-state index contributed by atoms with van der Waals surface area (Å²) in [5.41, 5.74) is 2.25. The van der Waals surface area contributed by atoms with E-state index in [0.29, 0.717) is 22.1 Å². The molecular formula is C16H16ClNO3. The number of carbonyl (C=O) groups is 1. The largest absolute Gasteiger partial charge is 0.493 e. The van der Waals surface area contributed by atoms with Crippen LogP contribution in [-0.4, -0.2) is 20.1 Å². The van der Waals surface area contributed by atoms with Crippen LogP contribution in [0.5, 0.6) is 11.5 Å². The van der Waals surface area contributed by atoms with Crippen LogP contribution in [0.25, 0.3) is 0 Å². The predicted octanol–water partition coefficient (Wildman–Crippen LogP) is 3.92. The van der Waals surface area contributed by atoms with Crippen molar-refractivity contribution in [2.45, 2.75) is 6.92 Å². The lowest BCUT2D eigenvalue weighted by Crippen LogP contribution is -2.12. The van der Waals surface area contributed by atoms with Crippen LogP contribution in [-0.2, 0) is 0 Å². The maximum absolute atomic E-state index is 12.3. The van der Waals surface area contributed by atoms with Crippen molar-refractivity contribution in [2.24, 2.45) is 0 Å². The van der Waals surface area contributed by atoms with Gasteiger partial charge in [0.1, 0.15) is 0 Å². The number of aryl methyl sites for hydroxylation is 1. The van der Waals surface area contributed by atoms with Crippen molar-refractivity contribution in [3.05, 3.63) is 52.5 Å². The molecule has 0 fully saturated rings. The average Bonchev–Trinajstić information content (AvgIpc) is 2.48. The van der Waals surface area contributed by atoms with Gasteiger partial charge in [-0.1, -0.05) is 29.3 Å². The Kier molecular flexibility index (Phi) is 4.70. The van der Waals surface area contributed by atoms with Gasteiger partial charge in [0.25, 0.3) is 5.91 Å². The average molecular weight is 306 g/mol. The standard InChI is InChI=1S/C16H16ClNO3/c1-10-4-6-12(7-5-10)18-16(19)11-8-13(17)15(21-3)14(9-11)20-2/h4-9H,1-3H3,(H,18,19). The molecular weight excluding hydrogens is 290 g/mol. The second kappa shape index (κ2) is 6.50. The number of rotatable bonds is 4. The van der Waals surface area contributed by atoms with E-state index in [1.165, 1.54) is 14.2 Å².